The van der Waals surface area contributed by atoms with Gasteiger partial charge in [0.15, 0.2) is 0 Å². The molecular formula is C15H13NO5. The molecule has 2 rings (SSSR count). The molecule has 1 saturated heterocycles. The van der Waals surface area contributed by atoms with E-state index in [-0.39, 0.29) is 24.3 Å². The van der Waals surface area contributed by atoms with Gasteiger partial charge in [0.05, 0.1) is 12.1 Å². The number of carbonyl (C=O) groups is 3. The largest absolute Gasteiger partial charge is 0.506 e. The topological polar surface area (TPSA) is 83.9 Å². The van der Waals surface area contributed by atoms with Crippen molar-refractivity contribution in [2.75, 3.05) is 6.61 Å². The van der Waals surface area contributed by atoms with E-state index in [2.05, 4.69) is 11.3 Å². The van der Waals surface area contributed by atoms with Gasteiger partial charge in [-0.1, -0.05) is 36.9 Å². The maximum absolute atomic E-state index is 12.2. The highest BCUT2D eigenvalue weighted by Gasteiger charge is 2.37. The van der Waals surface area contributed by atoms with Gasteiger partial charge in [0, 0.05) is 5.57 Å². The first-order valence-corrected chi connectivity index (χ1v) is 6.16. The summed E-state index contributed by atoms with van der Waals surface area (Å²) in [6.45, 7) is 3.42. The lowest BCUT2D eigenvalue weighted by Gasteiger charge is -2.12. The standard InChI is InChI=1S/C15H13NO5/c1-10-12(7-8-21-15(19)20)14(18)16(13(10)17)9-11-5-3-2-4-6-11/h2-7H,1,8-9H2,(H,19,20). The Balaban J connectivity index is 2.14. The molecule has 1 fully saturated rings. The summed E-state index contributed by atoms with van der Waals surface area (Å²) in [5.41, 5.74) is 0.942. The molecule has 1 N–H and O–H groups in total. The van der Waals surface area contributed by atoms with Gasteiger partial charge >= 0.3 is 6.16 Å². The van der Waals surface area contributed by atoms with Gasteiger partial charge in [-0.05, 0) is 11.6 Å². The second kappa shape index (κ2) is 6.04. The lowest BCUT2D eigenvalue weighted by Crippen LogP contribution is -2.28. The molecule has 1 aliphatic rings. The van der Waals surface area contributed by atoms with E-state index in [1.807, 2.05) is 18.2 Å². The molecule has 2 amide bonds. The van der Waals surface area contributed by atoms with Crippen molar-refractivity contribution in [2.24, 2.45) is 0 Å². The van der Waals surface area contributed by atoms with Crippen molar-refractivity contribution < 1.29 is 24.2 Å². The third-order valence-corrected chi connectivity index (χ3v) is 2.98. The van der Waals surface area contributed by atoms with Crippen LogP contribution in [0, 0.1) is 0 Å². The number of benzene rings is 1. The minimum absolute atomic E-state index is 0.0462. The van der Waals surface area contributed by atoms with Crippen LogP contribution < -0.4 is 0 Å². The van der Waals surface area contributed by atoms with Gasteiger partial charge in [0.1, 0.15) is 6.61 Å². The van der Waals surface area contributed by atoms with Crippen molar-refractivity contribution in [2.45, 2.75) is 6.54 Å². The Labute approximate surface area is 120 Å². The Hall–Kier alpha value is -2.89. The molecule has 0 atom stereocenters. The van der Waals surface area contributed by atoms with E-state index in [4.69, 9.17) is 5.11 Å². The lowest BCUT2D eigenvalue weighted by molar-refractivity contribution is -0.137. The van der Waals surface area contributed by atoms with E-state index >= 15 is 0 Å². The number of rotatable bonds is 4. The van der Waals surface area contributed by atoms with Gasteiger partial charge in [-0.25, -0.2) is 4.79 Å². The Bertz CT molecular complexity index is 633. The zero-order valence-corrected chi connectivity index (χ0v) is 11.1. The first-order valence-electron chi connectivity index (χ1n) is 6.16. The smallest absolute Gasteiger partial charge is 0.450 e. The van der Waals surface area contributed by atoms with E-state index in [0.717, 1.165) is 10.5 Å². The second-order valence-electron chi connectivity index (χ2n) is 4.36. The fourth-order valence-corrected chi connectivity index (χ4v) is 1.96. The molecule has 1 aliphatic heterocycles. The highest BCUT2D eigenvalue weighted by molar-refractivity contribution is 6.24. The zero-order chi connectivity index (χ0) is 15.4. The van der Waals surface area contributed by atoms with Gasteiger partial charge < -0.3 is 9.84 Å². The van der Waals surface area contributed by atoms with Crippen molar-refractivity contribution in [1.29, 1.82) is 0 Å². The van der Waals surface area contributed by atoms with E-state index in [0.29, 0.717) is 0 Å². The van der Waals surface area contributed by atoms with Crippen LogP contribution in [0.25, 0.3) is 0 Å². The fourth-order valence-electron chi connectivity index (χ4n) is 1.96. The van der Waals surface area contributed by atoms with Crippen LogP contribution in [-0.2, 0) is 20.9 Å². The molecule has 0 aliphatic carbocycles. The molecule has 0 spiro atoms. The molecule has 6 nitrogen and oxygen atoms in total. The Kier molecular flexibility index (Phi) is 4.18. The van der Waals surface area contributed by atoms with Crippen LogP contribution in [0.3, 0.4) is 0 Å². The van der Waals surface area contributed by atoms with Gasteiger partial charge in [0.2, 0.25) is 0 Å². The van der Waals surface area contributed by atoms with Crippen LogP contribution in [0.1, 0.15) is 5.56 Å². The van der Waals surface area contributed by atoms with Gasteiger partial charge in [-0.3, -0.25) is 14.5 Å². The Morgan fingerprint density at radius 2 is 1.90 bits per heavy atom. The SMILES string of the molecule is C=C1C(=O)N(Cc2ccccc2)C(=O)C1=CCOC(=O)O. The molecule has 0 aromatic heterocycles. The third-order valence-electron chi connectivity index (χ3n) is 2.98. The highest BCUT2D eigenvalue weighted by atomic mass is 16.7. The lowest BCUT2D eigenvalue weighted by atomic mass is 10.1. The summed E-state index contributed by atoms with van der Waals surface area (Å²) < 4.78 is 4.31. The number of likely N-dealkylation sites (tertiary alicyclic amines) is 1. The molecule has 0 radical (unpaired) electrons. The molecule has 0 saturated carbocycles. The number of carboxylic acid groups (broad SMARTS) is 1. The summed E-state index contributed by atoms with van der Waals surface area (Å²) in [6.07, 6.45) is -0.197. The molecule has 0 bridgehead atoms. The van der Waals surface area contributed by atoms with E-state index in [9.17, 15) is 14.4 Å². The molecule has 1 aromatic rings. The predicted octanol–water partition coefficient (Wildman–Crippen LogP) is 1.73. The van der Waals surface area contributed by atoms with Gasteiger partial charge in [-0.15, -0.1) is 0 Å². The molecular weight excluding hydrogens is 274 g/mol. The summed E-state index contributed by atoms with van der Waals surface area (Å²) >= 11 is 0. The first kappa shape index (κ1) is 14.5. The summed E-state index contributed by atoms with van der Waals surface area (Å²) in [7, 11) is 0. The van der Waals surface area contributed by atoms with Crippen LogP contribution in [-0.4, -0.2) is 34.6 Å². The molecule has 1 aromatic carbocycles. The van der Waals surface area contributed by atoms with Crippen molar-refractivity contribution in [3.05, 3.63) is 59.7 Å². The van der Waals surface area contributed by atoms with E-state index < -0.39 is 18.0 Å². The molecule has 0 unspecified atom stereocenters. The van der Waals surface area contributed by atoms with Crippen LogP contribution in [0.15, 0.2) is 54.1 Å². The average Bonchev–Trinajstić information content (AvgIpc) is 2.65. The summed E-state index contributed by atoms with van der Waals surface area (Å²) in [5.74, 6) is -0.978. The molecule has 1 heterocycles. The number of hydrogen-bond acceptors (Lipinski definition) is 4. The number of carbonyl (C=O) groups excluding carboxylic acids is 2. The molecule has 6 heteroatoms. The monoisotopic (exact) mass is 287 g/mol. The van der Waals surface area contributed by atoms with Crippen LogP contribution in [0.5, 0.6) is 0 Å². The molecule has 108 valence electrons. The van der Waals surface area contributed by atoms with E-state index in [1.54, 1.807) is 12.1 Å². The predicted molar refractivity (Wildman–Crippen MR) is 73.2 cm³/mol. The number of amides is 2. The number of ether oxygens (including phenoxy) is 1. The van der Waals surface area contributed by atoms with Gasteiger partial charge in [0.25, 0.3) is 11.8 Å². The molecule has 21 heavy (non-hydrogen) atoms. The maximum atomic E-state index is 12.2. The third kappa shape index (κ3) is 3.17. The first-order chi connectivity index (χ1) is 10.0. The van der Waals surface area contributed by atoms with Crippen molar-refractivity contribution >= 4 is 18.0 Å². The van der Waals surface area contributed by atoms with Gasteiger partial charge in [-0.2, -0.15) is 0 Å². The highest BCUT2D eigenvalue weighted by Crippen LogP contribution is 2.25. The van der Waals surface area contributed by atoms with Crippen LogP contribution >= 0.6 is 0 Å². The maximum Gasteiger partial charge on any atom is 0.506 e. The quantitative estimate of drug-likeness (QED) is 0.518. The Morgan fingerprint density at radius 1 is 1.24 bits per heavy atom. The van der Waals surface area contributed by atoms with Crippen molar-refractivity contribution in [3.8, 4) is 0 Å². The summed E-state index contributed by atoms with van der Waals surface area (Å²) in [6, 6.07) is 9.07. The van der Waals surface area contributed by atoms with Crippen LogP contribution in [0.4, 0.5) is 4.79 Å². The van der Waals surface area contributed by atoms with Crippen LogP contribution in [0.2, 0.25) is 0 Å². The fraction of sp³-hybridized carbons (Fsp3) is 0.133. The van der Waals surface area contributed by atoms with Crippen molar-refractivity contribution in [3.63, 3.8) is 0 Å². The minimum Gasteiger partial charge on any atom is -0.450 e. The number of nitrogens with zero attached hydrogens (tertiary/aromatic N) is 1. The number of imide groups is 1. The number of hydrogen-bond donors (Lipinski definition) is 1. The Morgan fingerprint density at radius 3 is 2.52 bits per heavy atom. The average molecular weight is 287 g/mol. The minimum atomic E-state index is -1.45. The normalized spacial score (nSPS) is 16.7. The van der Waals surface area contributed by atoms with E-state index in [1.165, 1.54) is 6.08 Å². The summed E-state index contributed by atoms with van der Waals surface area (Å²) in [4.78, 5) is 35.6. The van der Waals surface area contributed by atoms with Crippen molar-refractivity contribution in [1.82, 2.24) is 4.90 Å². The second-order valence-corrected chi connectivity index (χ2v) is 4.36. The zero-order valence-electron chi connectivity index (χ0n) is 11.1. The summed E-state index contributed by atoms with van der Waals surface area (Å²) in [5, 5.41) is 8.38.